The molecular weight excluding hydrogens is 270 g/mol. The molecular formula is C16H13NO4. The minimum absolute atomic E-state index is 0.0819. The zero-order chi connectivity index (χ0) is 14.8. The Morgan fingerprint density at radius 1 is 1.19 bits per heavy atom. The fourth-order valence-corrected chi connectivity index (χ4v) is 2.31. The number of carbonyl (C=O) groups excluding carboxylic acids is 2. The number of Topliss-reactive ketones (excluding diaryl/α,β-unsaturated/α-hetero) is 1. The van der Waals surface area contributed by atoms with Gasteiger partial charge in [0.2, 0.25) is 11.5 Å². The van der Waals surface area contributed by atoms with Crippen LogP contribution in [0.15, 0.2) is 47.1 Å². The zero-order valence-electron chi connectivity index (χ0n) is 11.4. The Bertz CT molecular complexity index is 799. The number of nitrogens with one attached hydrogen (secondary N) is 1. The molecule has 0 unspecified atom stereocenters. The number of benzene rings is 1. The SMILES string of the molecule is Cc1[nH]c2ccccc2c1C(=O)COC(=O)c1ccco1. The Morgan fingerprint density at radius 3 is 2.76 bits per heavy atom. The van der Waals surface area contributed by atoms with Crippen molar-refractivity contribution in [1.29, 1.82) is 0 Å². The number of hydrogen-bond donors (Lipinski definition) is 1. The van der Waals surface area contributed by atoms with Crippen LogP contribution in [0.5, 0.6) is 0 Å². The van der Waals surface area contributed by atoms with Crippen molar-refractivity contribution >= 4 is 22.7 Å². The van der Waals surface area contributed by atoms with Crippen molar-refractivity contribution in [1.82, 2.24) is 4.98 Å². The van der Waals surface area contributed by atoms with Crippen LogP contribution in [0.4, 0.5) is 0 Å². The fraction of sp³-hybridized carbons (Fsp3) is 0.125. The topological polar surface area (TPSA) is 72.3 Å². The molecule has 0 aliphatic rings. The first-order chi connectivity index (χ1) is 10.2. The number of esters is 1. The first-order valence-corrected chi connectivity index (χ1v) is 6.48. The second kappa shape index (κ2) is 5.28. The highest BCUT2D eigenvalue weighted by Crippen LogP contribution is 2.22. The third-order valence-corrected chi connectivity index (χ3v) is 3.23. The van der Waals surface area contributed by atoms with Gasteiger partial charge >= 0.3 is 5.97 Å². The number of aromatic amines is 1. The van der Waals surface area contributed by atoms with Crippen molar-refractivity contribution in [2.24, 2.45) is 0 Å². The van der Waals surface area contributed by atoms with Crippen molar-refractivity contribution in [3.05, 3.63) is 59.7 Å². The Morgan fingerprint density at radius 2 is 2.00 bits per heavy atom. The van der Waals surface area contributed by atoms with E-state index in [9.17, 15) is 9.59 Å². The highest BCUT2D eigenvalue weighted by atomic mass is 16.5. The van der Waals surface area contributed by atoms with Gasteiger partial charge in [0.05, 0.1) is 6.26 Å². The van der Waals surface area contributed by atoms with Gasteiger partial charge in [-0.3, -0.25) is 4.79 Å². The fourth-order valence-electron chi connectivity index (χ4n) is 2.31. The van der Waals surface area contributed by atoms with Crippen LogP contribution < -0.4 is 0 Å². The summed E-state index contributed by atoms with van der Waals surface area (Å²) in [5.74, 6) is -0.811. The molecule has 1 aromatic carbocycles. The van der Waals surface area contributed by atoms with Crippen LogP contribution in [0, 0.1) is 6.92 Å². The average molecular weight is 283 g/mol. The maximum absolute atomic E-state index is 12.3. The predicted octanol–water partition coefficient (Wildman–Crippen LogP) is 3.11. The second-order valence-electron chi connectivity index (χ2n) is 4.65. The van der Waals surface area contributed by atoms with Gasteiger partial charge in [-0.1, -0.05) is 18.2 Å². The molecule has 0 bridgehead atoms. The van der Waals surface area contributed by atoms with E-state index in [0.29, 0.717) is 5.56 Å². The Labute approximate surface area is 120 Å². The van der Waals surface area contributed by atoms with E-state index in [-0.39, 0.29) is 18.2 Å². The summed E-state index contributed by atoms with van der Waals surface area (Å²) in [5.41, 5.74) is 2.20. The van der Waals surface area contributed by atoms with Crippen LogP contribution in [-0.2, 0) is 4.74 Å². The first-order valence-electron chi connectivity index (χ1n) is 6.48. The van der Waals surface area contributed by atoms with Crippen LogP contribution >= 0.6 is 0 Å². The summed E-state index contributed by atoms with van der Waals surface area (Å²) in [4.78, 5) is 27.1. The van der Waals surface area contributed by atoms with Gasteiger partial charge in [-0.15, -0.1) is 0 Å². The molecule has 0 aliphatic carbocycles. The zero-order valence-corrected chi connectivity index (χ0v) is 11.4. The number of furan rings is 1. The number of rotatable bonds is 4. The molecule has 5 heteroatoms. The minimum atomic E-state index is -0.647. The molecule has 0 fully saturated rings. The monoisotopic (exact) mass is 283 g/mol. The summed E-state index contributed by atoms with van der Waals surface area (Å²) in [7, 11) is 0. The molecule has 1 N–H and O–H groups in total. The van der Waals surface area contributed by atoms with Gasteiger partial charge < -0.3 is 14.1 Å². The smallest absolute Gasteiger partial charge is 0.374 e. The number of hydrogen-bond acceptors (Lipinski definition) is 4. The lowest BCUT2D eigenvalue weighted by Crippen LogP contribution is -2.14. The van der Waals surface area contributed by atoms with E-state index in [2.05, 4.69) is 4.98 Å². The molecule has 0 radical (unpaired) electrons. The van der Waals surface area contributed by atoms with Crippen LogP contribution in [0.25, 0.3) is 10.9 Å². The minimum Gasteiger partial charge on any atom is -0.457 e. The number of fused-ring (bicyclic) bond motifs is 1. The molecule has 5 nitrogen and oxygen atoms in total. The molecule has 3 aromatic rings. The van der Waals surface area contributed by atoms with E-state index < -0.39 is 5.97 Å². The quantitative estimate of drug-likeness (QED) is 0.590. The summed E-state index contributed by atoms with van der Waals surface area (Å²) < 4.78 is 9.90. The Kier molecular flexibility index (Phi) is 3.31. The molecule has 2 aromatic heterocycles. The van der Waals surface area contributed by atoms with Crippen LogP contribution in [-0.4, -0.2) is 23.3 Å². The molecule has 0 aliphatic heterocycles. The number of para-hydroxylation sites is 1. The molecule has 3 rings (SSSR count). The number of aryl methyl sites for hydroxylation is 1. The lowest BCUT2D eigenvalue weighted by molar-refractivity contribution is 0.0444. The van der Waals surface area contributed by atoms with Gasteiger partial charge in [-0.05, 0) is 25.1 Å². The summed E-state index contributed by atoms with van der Waals surface area (Å²) in [6.07, 6.45) is 1.38. The van der Waals surface area contributed by atoms with E-state index in [1.165, 1.54) is 12.3 Å². The standard InChI is InChI=1S/C16H13NO4/c1-10-15(11-5-2-3-6-12(11)17-10)13(18)9-21-16(19)14-7-4-8-20-14/h2-8,17H,9H2,1H3. The number of carbonyl (C=O) groups is 2. The van der Waals surface area contributed by atoms with Crippen LogP contribution in [0.2, 0.25) is 0 Å². The van der Waals surface area contributed by atoms with Gasteiger partial charge in [0.25, 0.3) is 0 Å². The van der Waals surface area contributed by atoms with Gasteiger partial charge in [0, 0.05) is 22.2 Å². The van der Waals surface area contributed by atoms with Crippen molar-refractivity contribution < 1.29 is 18.7 Å². The van der Waals surface area contributed by atoms with Crippen molar-refractivity contribution in [3.8, 4) is 0 Å². The van der Waals surface area contributed by atoms with E-state index >= 15 is 0 Å². The van der Waals surface area contributed by atoms with Gasteiger partial charge in [-0.2, -0.15) is 0 Å². The maximum Gasteiger partial charge on any atom is 0.374 e. The molecule has 0 amide bonds. The summed E-state index contributed by atoms with van der Waals surface area (Å²) >= 11 is 0. The largest absolute Gasteiger partial charge is 0.457 e. The molecule has 0 atom stereocenters. The Hall–Kier alpha value is -2.82. The van der Waals surface area contributed by atoms with E-state index in [4.69, 9.17) is 9.15 Å². The maximum atomic E-state index is 12.3. The first kappa shape index (κ1) is 13.2. The molecule has 106 valence electrons. The number of H-pyrrole nitrogens is 1. The predicted molar refractivity (Wildman–Crippen MR) is 76.4 cm³/mol. The van der Waals surface area contributed by atoms with Gasteiger partial charge in [-0.25, -0.2) is 4.79 Å². The third-order valence-electron chi connectivity index (χ3n) is 3.23. The Balaban J connectivity index is 1.78. The molecule has 0 saturated carbocycles. The number of ether oxygens (including phenoxy) is 1. The highest BCUT2D eigenvalue weighted by Gasteiger charge is 2.18. The highest BCUT2D eigenvalue weighted by molar-refractivity contribution is 6.10. The number of ketones is 1. The average Bonchev–Trinajstić information content (AvgIpc) is 3.10. The summed E-state index contributed by atoms with van der Waals surface area (Å²) in [5, 5.41) is 0.828. The summed E-state index contributed by atoms with van der Waals surface area (Å²) in [6, 6.07) is 10.6. The molecule has 21 heavy (non-hydrogen) atoms. The second-order valence-corrected chi connectivity index (χ2v) is 4.65. The lowest BCUT2D eigenvalue weighted by Gasteiger charge is -2.03. The van der Waals surface area contributed by atoms with E-state index in [1.807, 2.05) is 31.2 Å². The molecule has 0 saturated heterocycles. The van der Waals surface area contributed by atoms with Crippen LogP contribution in [0.1, 0.15) is 26.6 Å². The van der Waals surface area contributed by atoms with E-state index in [0.717, 1.165) is 16.6 Å². The van der Waals surface area contributed by atoms with Gasteiger partial charge in [0.15, 0.2) is 6.61 Å². The van der Waals surface area contributed by atoms with Crippen molar-refractivity contribution in [2.75, 3.05) is 6.61 Å². The van der Waals surface area contributed by atoms with Crippen LogP contribution in [0.3, 0.4) is 0 Å². The van der Waals surface area contributed by atoms with Gasteiger partial charge in [0.1, 0.15) is 0 Å². The summed E-state index contributed by atoms with van der Waals surface area (Å²) in [6.45, 7) is 1.50. The van der Waals surface area contributed by atoms with Crippen molar-refractivity contribution in [2.45, 2.75) is 6.92 Å². The lowest BCUT2D eigenvalue weighted by atomic mass is 10.1. The number of aromatic nitrogens is 1. The molecule has 0 spiro atoms. The normalized spacial score (nSPS) is 10.7. The van der Waals surface area contributed by atoms with Crippen molar-refractivity contribution in [3.63, 3.8) is 0 Å². The molecule has 2 heterocycles. The third kappa shape index (κ3) is 2.45. The van der Waals surface area contributed by atoms with E-state index in [1.54, 1.807) is 6.07 Å².